The Balaban J connectivity index is 0.000000483. The van der Waals surface area contributed by atoms with Crippen LogP contribution in [-0.2, 0) is 10.8 Å². The molecule has 0 spiro atoms. The summed E-state index contributed by atoms with van der Waals surface area (Å²) >= 11 is 0. The van der Waals surface area contributed by atoms with Gasteiger partial charge in [-0.2, -0.15) is 0 Å². The Kier molecular flexibility index (Phi) is 10.1. The Morgan fingerprint density at radius 3 is 1.19 bits per heavy atom. The second-order valence-corrected chi connectivity index (χ2v) is 8.24. The standard InChI is InChI=1S/2C11H14O2.Ba/c2*1-11(2,3)9-6-4-5-8(7-9)10(12)13;/h2*4-7H,1-3H3,(H,12,13);/q;;+2/p-2. The zero-order chi connectivity index (χ0) is 20.1. The van der Waals surface area contributed by atoms with Crippen molar-refractivity contribution in [3.63, 3.8) is 0 Å². The van der Waals surface area contributed by atoms with E-state index in [2.05, 4.69) is 0 Å². The number of carbonyl (C=O) groups excluding carboxylic acids is 2. The normalized spacial score (nSPS) is 10.9. The topological polar surface area (TPSA) is 80.3 Å². The summed E-state index contributed by atoms with van der Waals surface area (Å²) < 4.78 is 0. The van der Waals surface area contributed by atoms with Gasteiger partial charge < -0.3 is 19.8 Å². The first-order valence-corrected chi connectivity index (χ1v) is 8.46. The molecule has 0 radical (unpaired) electrons. The first kappa shape index (κ1) is 26.0. The molecule has 0 aliphatic carbocycles. The molecule has 0 saturated carbocycles. The number of carbonyl (C=O) groups is 2. The molecule has 2 aromatic rings. The minimum Gasteiger partial charge on any atom is -0.545 e. The SMILES string of the molecule is CC(C)(C)c1cccc(C(=O)[O-])c1.CC(C)(C)c1cccc(C(=O)[O-])c1.[Ba+2]. The van der Waals surface area contributed by atoms with Crippen LogP contribution >= 0.6 is 0 Å². The van der Waals surface area contributed by atoms with E-state index in [0.717, 1.165) is 11.1 Å². The predicted octanol–water partition coefficient (Wildman–Crippen LogP) is 2.31. The van der Waals surface area contributed by atoms with Crippen molar-refractivity contribution in [1.82, 2.24) is 0 Å². The molecule has 2 rings (SSSR count). The van der Waals surface area contributed by atoms with Gasteiger partial charge in [-0.1, -0.05) is 77.9 Å². The van der Waals surface area contributed by atoms with Crippen LogP contribution in [0.5, 0.6) is 0 Å². The molecule has 0 fully saturated rings. The van der Waals surface area contributed by atoms with Gasteiger partial charge in [-0.25, -0.2) is 0 Å². The van der Waals surface area contributed by atoms with Gasteiger partial charge >= 0.3 is 48.9 Å². The average molecular weight is 492 g/mol. The van der Waals surface area contributed by atoms with Crippen molar-refractivity contribution < 1.29 is 19.8 Å². The van der Waals surface area contributed by atoms with E-state index in [1.807, 2.05) is 53.7 Å². The van der Waals surface area contributed by atoms with Crippen LogP contribution < -0.4 is 10.2 Å². The van der Waals surface area contributed by atoms with Crippen molar-refractivity contribution in [2.75, 3.05) is 0 Å². The molecule has 0 heterocycles. The molecule has 0 aliphatic heterocycles. The molecular formula is C22H26BaO4. The number of rotatable bonds is 2. The van der Waals surface area contributed by atoms with Crippen LogP contribution in [0.2, 0.25) is 0 Å². The minimum atomic E-state index is -1.12. The van der Waals surface area contributed by atoms with Crippen molar-refractivity contribution >= 4 is 60.8 Å². The Morgan fingerprint density at radius 1 is 0.667 bits per heavy atom. The number of hydrogen-bond acceptors (Lipinski definition) is 4. The molecule has 140 valence electrons. The van der Waals surface area contributed by atoms with Crippen LogP contribution in [0.3, 0.4) is 0 Å². The molecule has 27 heavy (non-hydrogen) atoms. The second-order valence-electron chi connectivity index (χ2n) is 8.24. The Labute approximate surface area is 202 Å². The van der Waals surface area contributed by atoms with E-state index in [0.29, 0.717) is 0 Å². The van der Waals surface area contributed by atoms with E-state index < -0.39 is 11.9 Å². The Bertz CT molecular complexity index is 716. The fourth-order valence-electron chi connectivity index (χ4n) is 2.23. The summed E-state index contributed by atoms with van der Waals surface area (Å²) in [6.07, 6.45) is 0. The second kappa shape index (κ2) is 10.5. The molecular weight excluding hydrogens is 466 g/mol. The van der Waals surface area contributed by atoms with Gasteiger partial charge in [-0.15, -0.1) is 0 Å². The maximum atomic E-state index is 10.6. The van der Waals surface area contributed by atoms with Crippen LogP contribution in [0.4, 0.5) is 0 Å². The van der Waals surface area contributed by atoms with E-state index in [4.69, 9.17) is 0 Å². The molecule has 0 atom stereocenters. The fraction of sp³-hybridized carbons (Fsp3) is 0.364. The van der Waals surface area contributed by atoms with Crippen LogP contribution in [0, 0.1) is 0 Å². The van der Waals surface area contributed by atoms with Gasteiger partial charge in [-0.3, -0.25) is 0 Å². The van der Waals surface area contributed by atoms with Crippen LogP contribution in [-0.4, -0.2) is 60.8 Å². The maximum Gasteiger partial charge on any atom is 2.00 e. The van der Waals surface area contributed by atoms with E-state index >= 15 is 0 Å². The summed E-state index contributed by atoms with van der Waals surface area (Å²) in [5, 5.41) is 21.1. The van der Waals surface area contributed by atoms with E-state index in [1.165, 1.54) is 0 Å². The smallest absolute Gasteiger partial charge is 0.545 e. The first-order chi connectivity index (χ1) is 11.8. The van der Waals surface area contributed by atoms with Crippen molar-refractivity contribution in [3.05, 3.63) is 70.8 Å². The van der Waals surface area contributed by atoms with Crippen LogP contribution in [0.15, 0.2) is 48.5 Å². The number of benzene rings is 2. The molecule has 0 aromatic heterocycles. The van der Waals surface area contributed by atoms with E-state index in [9.17, 15) is 19.8 Å². The zero-order valence-corrected chi connectivity index (χ0v) is 21.4. The van der Waals surface area contributed by atoms with Gasteiger partial charge in [0.2, 0.25) is 0 Å². The molecule has 5 heteroatoms. The van der Waals surface area contributed by atoms with Crippen molar-refractivity contribution in [2.45, 2.75) is 52.4 Å². The van der Waals surface area contributed by atoms with Crippen molar-refractivity contribution in [3.8, 4) is 0 Å². The van der Waals surface area contributed by atoms with Gasteiger partial charge in [0.05, 0.1) is 11.9 Å². The van der Waals surface area contributed by atoms with Crippen molar-refractivity contribution in [1.29, 1.82) is 0 Å². The summed E-state index contributed by atoms with van der Waals surface area (Å²) in [6, 6.07) is 13.7. The predicted molar refractivity (Wildman–Crippen MR) is 105 cm³/mol. The van der Waals surface area contributed by atoms with Gasteiger partial charge in [0.25, 0.3) is 0 Å². The number of carboxylic acid groups (broad SMARTS) is 2. The summed E-state index contributed by atoms with van der Waals surface area (Å²) in [7, 11) is 0. The van der Waals surface area contributed by atoms with Crippen LogP contribution in [0.1, 0.15) is 73.4 Å². The third-order valence-corrected chi connectivity index (χ3v) is 3.93. The maximum absolute atomic E-state index is 10.6. The number of hydrogen-bond donors (Lipinski definition) is 0. The van der Waals surface area contributed by atoms with Gasteiger partial charge in [0.1, 0.15) is 0 Å². The van der Waals surface area contributed by atoms with E-state index in [1.54, 1.807) is 36.4 Å². The molecule has 2 aromatic carbocycles. The van der Waals surface area contributed by atoms with Gasteiger partial charge in [0.15, 0.2) is 0 Å². The van der Waals surface area contributed by atoms with Gasteiger partial charge in [0, 0.05) is 0 Å². The number of aromatic carboxylic acids is 2. The molecule has 0 unspecified atom stereocenters. The van der Waals surface area contributed by atoms with E-state index in [-0.39, 0.29) is 70.8 Å². The molecule has 4 nitrogen and oxygen atoms in total. The fourth-order valence-corrected chi connectivity index (χ4v) is 2.23. The van der Waals surface area contributed by atoms with Gasteiger partial charge in [-0.05, 0) is 45.2 Å². The average Bonchev–Trinajstić information content (AvgIpc) is 2.54. The van der Waals surface area contributed by atoms with Crippen LogP contribution in [0.25, 0.3) is 0 Å². The summed E-state index contributed by atoms with van der Waals surface area (Å²) in [5.74, 6) is -2.24. The molecule has 0 saturated heterocycles. The summed E-state index contributed by atoms with van der Waals surface area (Å²) in [5.41, 5.74) is 2.46. The number of carboxylic acids is 2. The molecule has 0 aliphatic rings. The largest absolute Gasteiger partial charge is 2.00 e. The third kappa shape index (κ3) is 8.66. The van der Waals surface area contributed by atoms with Crippen molar-refractivity contribution in [2.24, 2.45) is 0 Å². The minimum absolute atomic E-state index is 0. The zero-order valence-electron chi connectivity index (χ0n) is 17.0. The Hall–Kier alpha value is -1.05. The quantitative estimate of drug-likeness (QED) is 0.604. The first-order valence-electron chi connectivity index (χ1n) is 8.46. The molecule has 0 N–H and O–H groups in total. The summed E-state index contributed by atoms with van der Waals surface area (Å²) in [4.78, 5) is 21.1. The molecule has 0 bridgehead atoms. The molecule has 0 amide bonds. The Morgan fingerprint density at radius 2 is 0.963 bits per heavy atom. The third-order valence-electron chi connectivity index (χ3n) is 3.93. The monoisotopic (exact) mass is 492 g/mol. The summed E-state index contributed by atoms with van der Waals surface area (Å²) in [6.45, 7) is 12.3.